The lowest BCUT2D eigenvalue weighted by Crippen LogP contribution is -2.30. The van der Waals surface area contributed by atoms with Crippen molar-refractivity contribution in [3.8, 4) is 0 Å². The Bertz CT molecular complexity index is 1480. The first-order chi connectivity index (χ1) is 17.9. The highest BCUT2D eigenvalue weighted by Gasteiger charge is 2.28. The van der Waals surface area contributed by atoms with Gasteiger partial charge in [0.1, 0.15) is 0 Å². The Hall–Kier alpha value is -4.16. The van der Waals surface area contributed by atoms with Crippen LogP contribution in [-0.2, 0) is 18.4 Å². The van der Waals surface area contributed by atoms with E-state index in [1.165, 1.54) is 36.0 Å². The first kappa shape index (κ1) is 24.5. The summed E-state index contributed by atoms with van der Waals surface area (Å²) in [6, 6.07) is 21.1. The minimum absolute atomic E-state index is 0.0730. The van der Waals surface area contributed by atoms with E-state index in [1.54, 1.807) is 28.3 Å². The Labute approximate surface area is 220 Å². The van der Waals surface area contributed by atoms with Crippen LogP contribution in [0.25, 0.3) is 0 Å². The van der Waals surface area contributed by atoms with Gasteiger partial charge in [-0.3, -0.25) is 24.6 Å². The predicted molar refractivity (Wildman–Crippen MR) is 140 cm³/mol. The molecule has 5 rings (SSSR count). The number of non-ortho nitro benzene ring substituents is 1. The molecule has 1 aliphatic rings. The lowest BCUT2D eigenvalue weighted by Gasteiger charge is -2.30. The molecule has 0 aliphatic carbocycles. The number of para-hydroxylation sites is 2. The van der Waals surface area contributed by atoms with E-state index in [-0.39, 0.29) is 29.5 Å². The van der Waals surface area contributed by atoms with E-state index >= 15 is 0 Å². The number of rotatable bonds is 7. The average molecular weight is 533 g/mol. The third-order valence-electron chi connectivity index (χ3n) is 5.66. The van der Waals surface area contributed by atoms with Crippen LogP contribution in [0.1, 0.15) is 16.2 Å². The zero-order chi connectivity index (χ0) is 25.9. The van der Waals surface area contributed by atoms with Gasteiger partial charge < -0.3 is 9.88 Å². The van der Waals surface area contributed by atoms with E-state index in [0.29, 0.717) is 11.0 Å². The molecule has 12 heteroatoms. The summed E-state index contributed by atoms with van der Waals surface area (Å²) in [6.45, 7) is 0.0730. The van der Waals surface area contributed by atoms with Gasteiger partial charge in [0.25, 0.3) is 11.6 Å². The minimum Gasteiger partial charge on any atom is -0.345 e. The number of anilines is 2. The zero-order valence-corrected chi connectivity index (χ0v) is 21.2. The van der Waals surface area contributed by atoms with Crippen molar-refractivity contribution >= 4 is 52.4 Å². The van der Waals surface area contributed by atoms with Gasteiger partial charge in [-0.15, -0.1) is 10.2 Å². The fourth-order valence-corrected chi connectivity index (χ4v) is 5.65. The number of amides is 2. The van der Waals surface area contributed by atoms with Crippen molar-refractivity contribution in [1.82, 2.24) is 20.1 Å². The maximum absolute atomic E-state index is 13.4. The Morgan fingerprint density at radius 2 is 1.68 bits per heavy atom. The molecule has 2 heterocycles. The molecule has 0 saturated heterocycles. The number of hydrogen-bond acceptors (Lipinski definition) is 8. The van der Waals surface area contributed by atoms with E-state index in [4.69, 9.17) is 0 Å². The van der Waals surface area contributed by atoms with Gasteiger partial charge in [0.15, 0.2) is 11.0 Å². The van der Waals surface area contributed by atoms with Gasteiger partial charge in [-0.05, 0) is 30.3 Å². The van der Waals surface area contributed by atoms with Gasteiger partial charge in [-0.25, -0.2) is 0 Å². The summed E-state index contributed by atoms with van der Waals surface area (Å²) < 4.78 is 1.71. The molecule has 0 spiro atoms. The molecule has 2 amide bonds. The minimum atomic E-state index is -0.551. The molecule has 0 atom stereocenters. The maximum Gasteiger partial charge on any atom is 0.270 e. The molecule has 1 N–H and O–H groups in total. The van der Waals surface area contributed by atoms with Gasteiger partial charge in [0, 0.05) is 34.5 Å². The van der Waals surface area contributed by atoms with Gasteiger partial charge in [-0.2, -0.15) is 0 Å². The largest absolute Gasteiger partial charge is 0.345 e. The van der Waals surface area contributed by atoms with Crippen LogP contribution in [0.3, 0.4) is 0 Å². The molecule has 37 heavy (non-hydrogen) atoms. The third kappa shape index (κ3) is 5.06. The quantitative estimate of drug-likeness (QED) is 0.209. The van der Waals surface area contributed by atoms with E-state index < -0.39 is 10.8 Å². The van der Waals surface area contributed by atoms with Gasteiger partial charge in [-0.1, -0.05) is 53.9 Å². The number of carbonyl (C=O) groups excluding carboxylic acids is 2. The number of nitrogens with one attached hydrogen (secondary N) is 1. The zero-order valence-electron chi connectivity index (χ0n) is 19.5. The molecule has 0 radical (unpaired) electrons. The maximum atomic E-state index is 13.4. The van der Waals surface area contributed by atoms with Crippen molar-refractivity contribution in [2.24, 2.45) is 7.05 Å². The fraction of sp³-hybridized carbons (Fsp3) is 0.120. The molecule has 186 valence electrons. The predicted octanol–water partition coefficient (Wildman–Crippen LogP) is 4.57. The molecule has 10 nitrogen and oxygen atoms in total. The van der Waals surface area contributed by atoms with E-state index in [0.717, 1.165) is 21.2 Å². The molecule has 0 fully saturated rings. The van der Waals surface area contributed by atoms with E-state index in [2.05, 4.69) is 15.5 Å². The van der Waals surface area contributed by atoms with E-state index in [1.807, 2.05) is 48.5 Å². The van der Waals surface area contributed by atoms with Crippen molar-refractivity contribution in [2.45, 2.75) is 21.5 Å². The number of nitro benzene ring substituents is 1. The highest BCUT2D eigenvalue weighted by molar-refractivity contribution is 8.00. The van der Waals surface area contributed by atoms with Crippen LogP contribution >= 0.6 is 23.5 Å². The second kappa shape index (κ2) is 10.4. The van der Waals surface area contributed by atoms with Crippen LogP contribution in [0.2, 0.25) is 0 Å². The molecule has 0 unspecified atom stereocenters. The molecular weight excluding hydrogens is 512 g/mol. The number of fused-ring (bicyclic) bond motifs is 2. The van der Waals surface area contributed by atoms with Crippen LogP contribution in [0, 0.1) is 10.1 Å². The summed E-state index contributed by atoms with van der Waals surface area (Å²) in [4.78, 5) is 40.0. The Balaban J connectivity index is 1.25. The molecule has 1 aliphatic heterocycles. The normalized spacial score (nSPS) is 12.0. The van der Waals surface area contributed by atoms with Crippen molar-refractivity contribution in [3.63, 3.8) is 0 Å². The van der Waals surface area contributed by atoms with Gasteiger partial charge in [0.05, 0.1) is 28.6 Å². The Morgan fingerprint density at radius 1 is 1.00 bits per heavy atom. The number of nitrogens with zero attached hydrogens (tertiary/aromatic N) is 5. The monoisotopic (exact) mass is 532 g/mol. The molecule has 0 saturated carbocycles. The summed E-state index contributed by atoms with van der Waals surface area (Å²) in [5.74, 6) is 0.0724. The second-order valence-electron chi connectivity index (χ2n) is 8.00. The van der Waals surface area contributed by atoms with Gasteiger partial charge in [0.2, 0.25) is 5.91 Å². The summed E-state index contributed by atoms with van der Waals surface area (Å²) in [7, 11) is 1.75. The third-order valence-corrected chi connectivity index (χ3v) is 7.79. The Kier molecular flexibility index (Phi) is 6.93. The summed E-state index contributed by atoms with van der Waals surface area (Å²) in [5.41, 5.74) is 1.71. The van der Waals surface area contributed by atoms with Crippen molar-refractivity contribution < 1.29 is 14.5 Å². The van der Waals surface area contributed by atoms with Gasteiger partial charge >= 0.3 is 0 Å². The highest BCUT2D eigenvalue weighted by atomic mass is 32.2. The number of aromatic nitrogens is 3. The molecule has 1 aromatic heterocycles. The number of benzene rings is 3. The van der Waals surface area contributed by atoms with Crippen LogP contribution in [-0.4, -0.2) is 37.3 Å². The summed E-state index contributed by atoms with van der Waals surface area (Å²) in [6.07, 6.45) is 0. The van der Waals surface area contributed by atoms with Crippen LogP contribution in [0.15, 0.2) is 87.7 Å². The number of hydrogen-bond donors (Lipinski definition) is 1. The first-order valence-electron chi connectivity index (χ1n) is 11.1. The molecule has 4 aromatic rings. The summed E-state index contributed by atoms with van der Waals surface area (Å²) in [5, 5.41) is 22.5. The highest BCUT2D eigenvalue weighted by Crippen LogP contribution is 2.48. The van der Waals surface area contributed by atoms with Crippen molar-refractivity contribution in [2.75, 3.05) is 10.7 Å². The smallest absolute Gasteiger partial charge is 0.270 e. The van der Waals surface area contributed by atoms with Crippen LogP contribution < -0.4 is 10.2 Å². The average Bonchev–Trinajstić information content (AvgIpc) is 3.27. The topological polar surface area (TPSA) is 123 Å². The van der Waals surface area contributed by atoms with E-state index in [9.17, 15) is 19.7 Å². The van der Waals surface area contributed by atoms with Crippen molar-refractivity contribution in [1.29, 1.82) is 0 Å². The Morgan fingerprint density at radius 3 is 2.35 bits per heavy atom. The molecule has 3 aromatic carbocycles. The van der Waals surface area contributed by atoms with Crippen molar-refractivity contribution in [3.05, 3.63) is 94.3 Å². The standard InChI is InChI=1S/C25H20N6O4S2/c1-29-22(14-26-24(33)16-7-6-8-17(13-16)31(34)35)27-28-25(29)36-15-23(32)30-18-9-2-4-11-20(18)37-21-12-5-3-10-19(21)30/h2-13H,14-15H2,1H3,(H,26,33). The number of carbonyl (C=O) groups is 2. The SMILES string of the molecule is Cn1c(CNC(=O)c2cccc([N+](=O)[O-])c2)nnc1SCC(=O)N1c2ccccc2Sc2ccccc21. The summed E-state index contributed by atoms with van der Waals surface area (Å²) >= 11 is 2.90. The number of nitro groups is 1. The lowest BCUT2D eigenvalue weighted by molar-refractivity contribution is -0.384. The van der Waals surface area contributed by atoms with Crippen LogP contribution in [0.4, 0.5) is 17.1 Å². The lowest BCUT2D eigenvalue weighted by atomic mass is 10.2. The number of thioether (sulfide) groups is 1. The second-order valence-corrected chi connectivity index (χ2v) is 10.0. The first-order valence-corrected chi connectivity index (χ1v) is 12.9. The fourth-order valence-electron chi connectivity index (χ4n) is 3.81. The molecular formula is C25H20N6O4S2. The molecule has 0 bridgehead atoms. The van der Waals surface area contributed by atoms with Crippen LogP contribution in [0.5, 0.6) is 0 Å².